The molecule has 0 atom stereocenters. The van der Waals surface area contributed by atoms with Crippen molar-refractivity contribution in [2.45, 2.75) is 19.8 Å². The van der Waals surface area contributed by atoms with Gasteiger partial charge in [0, 0.05) is 10.2 Å². The zero-order valence-electron chi connectivity index (χ0n) is 17.5. The molecule has 1 N–H and O–H groups in total. The number of rotatable bonds is 11. The average Bonchev–Trinajstić information content (AvgIpc) is 2.79. The Kier molecular flexibility index (Phi) is 8.79. The molecule has 0 bridgehead atoms. The molecule has 5 nitrogen and oxygen atoms in total. The molecule has 3 aromatic rings. The van der Waals surface area contributed by atoms with E-state index in [9.17, 15) is 4.79 Å². The number of anilines is 1. The van der Waals surface area contributed by atoms with E-state index in [-0.39, 0.29) is 5.91 Å². The van der Waals surface area contributed by atoms with Gasteiger partial charge in [-0.1, -0.05) is 47.5 Å². The molecular formula is C25H26BrNO4. The minimum atomic E-state index is -0.224. The highest BCUT2D eigenvalue weighted by molar-refractivity contribution is 9.10. The lowest BCUT2D eigenvalue weighted by Gasteiger charge is -2.13. The van der Waals surface area contributed by atoms with E-state index in [1.54, 1.807) is 18.2 Å². The monoisotopic (exact) mass is 483 g/mol. The number of halogens is 1. The first-order chi connectivity index (χ1) is 15.2. The van der Waals surface area contributed by atoms with Gasteiger partial charge in [0.2, 0.25) is 0 Å². The number of carbonyl (C=O) groups is 1. The van der Waals surface area contributed by atoms with Gasteiger partial charge in [0.15, 0.2) is 0 Å². The predicted octanol–water partition coefficient (Wildman–Crippen LogP) is 6.34. The number of unbranched alkanes of at least 4 members (excludes halogenated alkanes) is 1. The number of para-hydroxylation sites is 1. The molecule has 0 aliphatic heterocycles. The van der Waals surface area contributed by atoms with Crippen LogP contribution in [0.4, 0.5) is 5.69 Å². The highest BCUT2D eigenvalue weighted by Crippen LogP contribution is 2.25. The molecule has 31 heavy (non-hydrogen) atoms. The number of ether oxygens (including phenoxy) is 3. The van der Waals surface area contributed by atoms with Gasteiger partial charge in [0.1, 0.15) is 30.5 Å². The van der Waals surface area contributed by atoms with Crippen molar-refractivity contribution in [3.63, 3.8) is 0 Å². The maximum Gasteiger partial charge on any atom is 0.259 e. The minimum absolute atomic E-state index is 0.224. The zero-order valence-corrected chi connectivity index (χ0v) is 19.1. The molecule has 0 fully saturated rings. The number of amides is 1. The van der Waals surface area contributed by atoms with Gasteiger partial charge in [0.25, 0.3) is 5.91 Å². The van der Waals surface area contributed by atoms with Crippen LogP contribution in [0.1, 0.15) is 30.1 Å². The maximum absolute atomic E-state index is 12.8. The van der Waals surface area contributed by atoms with Crippen molar-refractivity contribution in [3.05, 3.63) is 82.8 Å². The van der Waals surface area contributed by atoms with Crippen molar-refractivity contribution in [2.24, 2.45) is 0 Å². The Labute approximate surface area is 191 Å². The third-order valence-electron chi connectivity index (χ3n) is 4.42. The standard InChI is InChI=1S/C25H26BrNO4/c1-2-3-15-31-24-14-9-19(26)18-23(24)25(28)27-20-10-12-22(13-11-20)30-17-16-29-21-7-5-4-6-8-21/h4-14,18H,2-3,15-17H2,1H3,(H,27,28). The summed E-state index contributed by atoms with van der Waals surface area (Å²) >= 11 is 3.42. The second-order valence-corrected chi connectivity index (χ2v) is 7.75. The Morgan fingerprint density at radius 2 is 1.52 bits per heavy atom. The lowest BCUT2D eigenvalue weighted by Crippen LogP contribution is -2.14. The highest BCUT2D eigenvalue weighted by atomic mass is 79.9. The Hall–Kier alpha value is -2.99. The summed E-state index contributed by atoms with van der Waals surface area (Å²) in [6, 6.07) is 22.3. The molecule has 162 valence electrons. The molecule has 0 heterocycles. The number of benzene rings is 3. The fraction of sp³-hybridized carbons (Fsp3) is 0.240. The van der Waals surface area contributed by atoms with Crippen LogP contribution in [0.25, 0.3) is 0 Å². The normalized spacial score (nSPS) is 10.4. The van der Waals surface area contributed by atoms with E-state index in [4.69, 9.17) is 14.2 Å². The van der Waals surface area contributed by atoms with Crippen LogP contribution in [-0.2, 0) is 0 Å². The molecule has 0 unspecified atom stereocenters. The fourth-order valence-electron chi connectivity index (χ4n) is 2.80. The van der Waals surface area contributed by atoms with Crippen molar-refractivity contribution in [1.82, 2.24) is 0 Å². The van der Waals surface area contributed by atoms with Gasteiger partial charge < -0.3 is 19.5 Å². The summed E-state index contributed by atoms with van der Waals surface area (Å²) in [5.41, 5.74) is 1.17. The topological polar surface area (TPSA) is 56.8 Å². The fourth-order valence-corrected chi connectivity index (χ4v) is 3.16. The number of hydrogen-bond donors (Lipinski definition) is 1. The summed E-state index contributed by atoms with van der Waals surface area (Å²) in [6.45, 7) is 3.56. The Morgan fingerprint density at radius 3 is 2.19 bits per heavy atom. The van der Waals surface area contributed by atoms with E-state index in [0.717, 1.165) is 23.1 Å². The second-order valence-electron chi connectivity index (χ2n) is 6.83. The summed E-state index contributed by atoms with van der Waals surface area (Å²) in [5, 5.41) is 2.91. The van der Waals surface area contributed by atoms with Crippen molar-refractivity contribution in [2.75, 3.05) is 25.1 Å². The van der Waals surface area contributed by atoms with Crippen molar-refractivity contribution in [3.8, 4) is 17.2 Å². The molecule has 0 spiro atoms. The van der Waals surface area contributed by atoms with Gasteiger partial charge in [-0.15, -0.1) is 0 Å². The summed E-state index contributed by atoms with van der Waals surface area (Å²) in [6.07, 6.45) is 1.97. The zero-order chi connectivity index (χ0) is 21.9. The quantitative estimate of drug-likeness (QED) is 0.323. The van der Waals surface area contributed by atoms with Crippen LogP contribution in [0, 0.1) is 0 Å². The van der Waals surface area contributed by atoms with E-state index >= 15 is 0 Å². The molecule has 0 aliphatic carbocycles. The summed E-state index contributed by atoms with van der Waals surface area (Å²) < 4.78 is 17.9. The largest absolute Gasteiger partial charge is 0.493 e. The number of hydrogen-bond acceptors (Lipinski definition) is 4. The molecule has 6 heteroatoms. The Bertz CT molecular complexity index is 961. The maximum atomic E-state index is 12.8. The van der Waals surface area contributed by atoms with Crippen molar-refractivity contribution >= 4 is 27.5 Å². The van der Waals surface area contributed by atoms with E-state index < -0.39 is 0 Å². The predicted molar refractivity (Wildman–Crippen MR) is 126 cm³/mol. The number of nitrogens with one attached hydrogen (secondary N) is 1. The Balaban J connectivity index is 1.52. The third-order valence-corrected chi connectivity index (χ3v) is 4.91. The van der Waals surface area contributed by atoms with Gasteiger partial charge in [0.05, 0.1) is 12.2 Å². The van der Waals surface area contributed by atoms with Gasteiger partial charge in [-0.25, -0.2) is 0 Å². The van der Waals surface area contributed by atoms with Gasteiger partial charge in [-0.2, -0.15) is 0 Å². The summed E-state index contributed by atoms with van der Waals surface area (Å²) in [7, 11) is 0. The molecule has 0 saturated carbocycles. The van der Waals surface area contributed by atoms with Crippen LogP contribution < -0.4 is 19.5 Å². The molecular weight excluding hydrogens is 458 g/mol. The molecule has 0 aliphatic rings. The molecule has 1 amide bonds. The van der Waals surface area contributed by atoms with E-state index in [0.29, 0.717) is 42.6 Å². The van der Waals surface area contributed by atoms with Gasteiger partial charge >= 0.3 is 0 Å². The Morgan fingerprint density at radius 1 is 0.839 bits per heavy atom. The van der Waals surface area contributed by atoms with Gasteiger partial charge in [-0.3, -0.25) is 4.79 Å². The van der Waals surface area contributed by atoms with Crippen molar-refractivity contribution < 1.29 is 19.0 Å². The minimum Gasteiger partial charge on any atom is -0.493 e. The molecule has 3 aromatic carbocycles. The van der Waals surface area contributed by atoms with Crippen LogP contribution in [0.5, 0.6) is 17.2 Å². The van der Waals surface area contributed by atoms with E-state index in [2.05, 4.69) is 28.2 Å². The average molecular weight is 484 g/mol. The highest BCUT2D eigenvalue weighted by Gasteiger charge is 2.14. The van der Waals surface area contributed by atoms with Gasteiger partial charge in [-0.05, 0) is 61.0 Å². The lowest BCUT2D eigenvalue weighted by atomic mass is 10.1. The van der Waals surface area contributed by atoms with Crippen molar-refractivity contribution in [1.29, 1.82) is 0 Å². The first-order valence-corrected chi connectivity index (χ1v) is 11.1. The SMILES string of the molecule is CCCCOc1ccc(Br)cc1C(=O)Nc1ccc(OCCOc2ccccc2)cc1. The van der Waals surface area contributed by atoms with Crippen LogP contribution in [0.15, 0.2) is 77.3 Å². The third kappa shape index (κ3) is 7.33. The van der Waals surface area contributed by atoms with Crippen LogP contribution in [-0.4, -0.2) is 25.7 Å². The molecule has 0 radical (unpaired) electrons. The van der Waals surface area contributed by atoms with Crippen LogP contribution in [0.2, 0.25) is 0 Å². The molecule has 3 rings (SSSR count). The molecule has 0 saturated heterocycles. The second kappa shape index (κ2) is 12.0. The first-order valence-electron chi connectivity index (χ1n) is 10.3. The lowest BCUT2D eigenvalue weighted by molar-refractivity contribution is 0.102. The van der Waals surface area contributed by atoms with Crippen LogP contribution in [0.3, 0.4) is 0 Å². The summed E-state index contributed by atoms with van der Waals surface area (Å²) in [4.78, 5) is 12.8. The van der Waals surface area contributed by atoms with E-state index in [1.165, 1.54) is 0 Å². The van der Waals surface area contributed by atoms with E-state index in [1.807, 2.05) is 54.6 Å². The summed E-state index contributed by atoms with van der Waals surface area (Å²) in [5.74, 6) is 1.88. The van der Waals surface area contributed by atoms with Crippen LogP contribution >= 0.6 is 15.9 Å². The smallest absolute Gasteiger partial charge is 0.259 e. The first kappa shape index (κ1) is 22.7. The number of carbonyl (C=O) groups excluding carboxylic acids is 1. The molecule has 0 aromatic heterocycles.